The monoisotopic (exact) mass is 257 g/mol. The van der Waals surface area contributed by atoms with E-state index in [2.05, 4.69) is 15.5 Å². The first-order valence-electron chi connectivity index (χ1n) is 6.70. The van der Waals surface area contributed by atoms with Crippen LogP contribution in [0.4, 0.5) is 0 Å². The Bertz CT molecular complexity index is 251. The molecule has 0 rings (SSSR count). The van der Waals surface area contributed by atoms with Gasteiger partial charge in [0.2, 0.25) is 11.8 Å². The van der Waals surface area contributed by atoms with Crippen molar-refractivity contribution < 1.29 is 9.59 Å². The highest BCUT2D eigenvalue weighted by Gasteiger charge is 2.14. The molecule has 0 aliphatic heterocycles. The summed E-state index contributed by atoms with van der Waals surface area (Å²) in [6.07, 6.45) is 2.54. The minimum atomic E-state index is -0.118. The molecule has 0 heterocycles. The summed E-state index contributed by atoms with van der Waals surface area (Å²) in [5.74, 6) is -0.122. The molecule has 18 heavy (non-hydrogen) atoms. The number of amides is 2. The van der Waals surface area contributed by atoms with Crippen molar-refractivity contribution in [3.63, 3.8) is 0 Å². The van der Waals surface area contributed by atoms with Gasteiger partial charge in [-0.2, -0.15) is 0 Å². The minimum Gasteiger partial charge on any atom is -0.355 e. The molecule has 0 aliphatic rings. The second kappa shape index (κ2) is 9.88. The fourth-order valence-electron chi connectivity index (χ4n) is 1.66. The molecule has 106 valence electrons. The lowest BCUT2D eigenvalue weighted by Crippen LogP contribution is -2.40. The van der Waals surface area contributed by atoms with Crippen molar-refractivity contribution in [3.05, 3.63) is 0 Å². The molecular weight excluding hydrogens is 230 g/mol. The average molecular weight is 257 g/mol. The zero-order valence-electron chi connectivity index (χ0n) is 12.1. The largest absolute Gasteiger partial charge is 0.355 e. The number of nitrogens with one attached hydrogen (secondary N) is 2. The van der Waals surface area contributed by atoms with Crippen molar-refractivity contribution >= 4 is 11.8 Å². The first-order valence-corrected chi connectivity index (χ1v) is 6.70. The van der Waals surface area contributed by atoms with Crippen LogP contribution in [0.5, 0.6) is 0 Å². The molecule has 2 N–H and O–H groups in total. The summed E-state index contributed by atoms with van der Waals surface area (Å²) in [5, 5.41) is 5.46. The highest BCUT2D eigenvalue weighted by Crippen LogP contribution is 2.06. The van der Waals surface area contributed by atoms with Gasteiger partial charge in [0.1, 0.15) is 0 Å². The van der Waals surface area contributed by atoms with Gasteiger partial charge in [-0.1, -0.05) is 13.8 Å². The summed E-state index contributed by atoms with van der Waals surface area (Å²) >= 11 is 0. The molecule has 0 aromatic heterocycles. The molecule has 0 atom stereocenters. The summed E-state index contributed by atoms with van der Waals surface area (Å²) in [6.45, 7) is 5.64. The molecule has 0 saturated carbocycles. The maximum Gasteiger partial charge on any atom is 0.239 e. The summed E-state index contributed by atoms with van der Waals surface area (Å²) in [5.41, 5.74) is 0. The lowest BCUT2D eigenvalue weighted by Gasteiger charge is -2.13. The predicted molar refractivity (Wildman–Crippen MR) is 73.3 cm³/mol. The fraction of sp³-hybridized carbons (Fsp3) is 0.846. The van der Waals surface area contributed by atoms with Crippen LogP contribution >= 0.6 is 0 Å². The van der Waals surface area contributed by atoms with E-state index in [4.69, 9.17) is 0 Å². The Hall–Kier alpha value is -1.10. The van der Waals surface area contributed by atoms with E-state index in [-0.39, 0.29) is 24.3 Å². The van der Waals surface area contributed by atoms with E-state index < -0.39 is 0 Å². The average Bonchev–Trinajstić information content (AvgIpc) is 2.33. The van der Waals surface area contributed by atoms with Crippen molar-refractivity contribution in [1.29, 1.82) is 0 Å². The van der Waals surface area contributed by atoms with Crippen molar-refractivity contribution in [2.45, 2.75) is 33.1 Å². The van der Waals surface area contributed by atoms with Crippen molar-refractivity contribution in [3.8, 4) is 0 Å². The van der Waals surface area contributed by atoms with E-state index in [1.165, 1.54) is 0 Å². The van der Waals surface area contributed by atoms with Gasteiger partial charge < -0.3 is 15.5 Å². The van der Waals surface area contributed by atoms with Gasteiger partial charge in [-0.25, -0.2) is 0 Å². The van der Waals surface area contributed by atoms with E-state index in [1.807, 2.05) is 27.9 Å². The third-order valence-electron chi connectivity index (χ3n) is 2.88. The van der Waals surface area contributed by atoms with E-state index in [0.29, 0.717) is 6.54 Å². The maximum absolute atomic E-state index is 11.6. The van der Waals surface area contributed by atoms with Crippen LogP contribution < -0.4 is 10.6 Å². The lowest BCUT2D eigenvalue weighted by atomic mass is 10.0. The third kappa shape index (κ3) is 8.06. The van der Waals surface area contributed by atoms with Gasteiger partial charge in [0.05, 0.1) is 6.54 Å². The minimum absolute atomic E-state index is 0.0199. The van der Waals surface area contributed by atoms with E-state index in [0.717, 1.165) is 25.8 Å². The summed E-state index contributed by atoms with van der Waals surface area (Å²) in [7, 11) is 4.00. The Morgan fingerprint density at radius 2 is 1.72 bits per heavy atom. The molecule has 2 amide bonds. The summed E-state index contributed by atoms with van der Waals surface area (Å²) in [4.78, 5) is 25.2. The first-order chi connectivity index (χ1) is 8.51. The SMILES string of the molecule is CCC(CC)C(=O)NCC(=O)NCCCN(C)C. The Labute approximate surface area is 110 Å². The normalized spacial score (nSPS) is 10.8. The summed E-state index contributed by atoms with van der Waals surface area (Å²) < 4.78 is 0. The van der Waals surface area contributed by atoms with E-state index in [1.54, 1.807) is 0 Å². The van der Waals surface area contributed by atoms with E-state index >= 15 is 0 Å². The Morgan fingerprint density at radius 1 is 1.11 bits per heavy atom. The third-order valence-corrected chi connectivity index (χ3v) is 2.88. The first kappa shape index (κ1) is 16.9. The van der Waals surface area contributed by atoms with Crippen LogP contribution in [-0.4, -0.2) is 50.4 Å². The second-order valence-electron chi connectivity index (χ2n) is 4.74. The van der Waals surface area contributed by atoms with Crippen LogP contribution in [-0.2, 0) is 9.59 Å². The second-order valence-corrected chi connectivity index (χ2v) is 4.74. The Morgan fingerprint density at radius 3 is 2.22 bits per heavy atom. The predicted octanol–water partition coefficient (Wildman–Crippen LogP) is 0.607. The molecule has 0 radical (unpaired) electrons. The quantitative estimate of drug-likeness (QED) is 0.595. The van der Waals surface area contributed by atoms with Gasteiger partial charge in [0.25, 0.3) is 0 Å². The van der Waals surface area contributed by atoms with Crippen molar-refractivity contribution in [2.24, 2.45) is 5.92 Å². The Balaban J connectivity index is 3.67. The van der Waals surface area contributed by atoms with Gasteiger partial charge in [-0.3, -0.25) is 9.59 Å². The molecule has 0 saturated heterocycles. The van der Waals surface area contributed by atoms with Gasteiger partial charge in [0, 0.05) is 12.5 Å². The highest BCUT2D eigenvalue weighted by molar-refractivity contribution is 5.85. The number of rotatable bonds is 9. The van der Waals surface area contributed by atoms with Gasteiger partial charge in [-0.15, -0.1) is 0 Å². The van der Waals surface area contributed by atoms with Gasteiger partial charge in [-0.05, 0) is 39.9 Å². The van der Waals surface area contributed by atoms with Crippen LogP contribution in [0, 0.1) is 5.92 Å². The summed E-state index contributed by atoms with van der Waals surface area (Å²) in [6, 6.07) is 0. The zero-order chi connectivity index (χ0) is 14.0. The number of nitrogens with zero attached hydrogens (tertiary/aromatic N) is 1. The number of hydrogen-bond acceptors (Lipinski definition) is 3. The van der Waals surface area contributed by atoms with Crippen molar-refractivity contribution in [2.75, 3.05) is 33.7 Å². The van der Waals surface area contributed by atoms with Crippen LogP contribution in [0.1, 0.15) is 33.1 Å². The molecule has 5 nitrogen and oxygen atoms in total. The maximum atomic E-state index is 11.6. The standard InChI is InChI=1S/C13H27N3O2/c1-5-11(6-2)13(18)15-10-12(17)14-8-7-9-16(3)4/h11H,5-10H2,1-4H3,(H,14,17)(H,15,18). The number of hydrogen-bond donors (Lipinski definition) is 2. The topological polar surface area (TPSA) is 61.4 Å². The lowest BCUT2D eigenvalue weighted by molar-refractivity contribution is -0.128. The molecule has 5 heteroatoms. The van der Waals surface area contributed by atoms with Crippen LogP contribution in [0.3, 0.4) is 0 Å². The Kier molecular flexibility index (Phi) is 9.28. The molecule has 0 fully saturated rings. The number of carbonyl (C=O) groups excluding carboxylic acids is 2. The van der Waals surface area contributed by atoms with Gasteiger partial charge >= 0.3 is 0 Å². The molecule has 0 spiro atoms. The van der Waals surface area contributed by atoms with Crippen LogP contribution in [0.15, 0.2) is 0 Å². The molecule has 0 bridgehead atoms. The molecule has 0 aromatic rings. The van der Waals surface area contributed by atoms with Gasteiger partial charge in [0.15, 0.2) is 0 Å². The molecule has 0 unspecified atom stereocenters. The van der Waals surface area contributed by atoms with Crippen LogP contribution in [0.25, 0.3) is 0 Å². The zero-order valence-corrected chi connectivity index (χ0v) is 12.1. The van der Waals surface area contributed by atoms with E-state index in [9.17, 15) is 9.59 Å². The number of carbonyl (C=O) groups is 2. The fourth-order valence-corrected chi connectivity index (χ4v) is 1.66. The van der Waals surface area contributed by atoms with Crippen LogP contribution in [0.2, 0.25) is 0 Å². The molecule has 0 aromatic carbocycles. The highest BCUT2D eigenvalue weighted by atomic mass is 16.2. The smallest absolute Gasteiger partial charge is 0.239 e. The van der Waals surface area contributed by atoms with Crippen molar-refractivity contribution in [1.82, 2.24) is 15.5 Å². The molecular formula is C13H27N3O2. The molecule has 0 aliphatic carbocycles.